The first kappa shape index (κ1) is 11.4. The number of benzene rings is 1. The maximum Gasteiger partial charge on any atom is 0.188 e. The zero-order chi connectivity index (χ0) is 11.3. The Kier molecular flexibility index (Phi) is 3.97. The van der Waals surface area contributed by atoms with E-state index in [-0.39, 0.29) is 0 Å². The van der Waals surface area contributed by atoms with E-state index < -0.39 is 0 Å². The summed E-state index contributed by atoms with van der Waals surface area (Å²) < 4.78 is 0. The minimum Gasteiger partial charge on any atom is -0.378 e. The van der Waals surface area contributed by atoms with Crippen molar-refractivity contribution in [2.75, 3.05) is 26.0 Å². The summed E-state index contributed by atoms with van der Waals surface area (Å²) in [5, 5.41) is 3.01. The number of anilines is 1. The average Bonchev–Trinajstić information content (AvgIpc) is 2.26. The van der Waals surface area contributed by atoms with Crippen molar-refractivity contribution in [2.24, 2.45) is 10.7 Å². The lowest BCUT2D eigenvalue weighted by molar-refractivity contribution is 0.900. The number of hydrogen-bond donors (Lipinski definition) is 2. The van der Waals surface area contributed by atoms with Gasteiger partial charge in [-0.1, -0.05) is 12.1 Å². The Hall–Kier alpha value is -1.71. The molecule has 0 saturated carbocycles. The molecule has 82 valence electrons. The van der Waals surface area contributed by atoms with Gasteiger partial charge < -0.3 is 16.0 Å². The standard InChI is InChI=1S/C11H18N4/c1-13-11(12)14-8-9-4-6-10(7-5-9)15(2)3/h4-7H,8H2,1-3H3,(H3,12,13,14). The minimum atomic E-state index is 0.465. The summed E-state index contributed by atoms with van der Waals surface area (Å²) in [5.74, 6) is 0.465. The summed E-state index contributed by atoms with van der Waals surface area (Å²) in [6, 6.07) is 8.31. The normalized spacial score (nSPS) is 11.3. The molecule has 1 rings (SSSR count). The average molecular weight is 206 g/mol. The summed E-state index contributed by atoms with van der Waals surface area (Å²) in [6.45, 7) is 0.705. The molecule has 3 N–H and O–H groups in total. The molecule has 0 amide bonds. The lowest BCUT2D eigenvalue weighted by Crippen LogP contribution is -2.30. The molecular formula is C11H18N4. The molecule has 0 aliphatic heterocycles. The van der Waals surface area contributed by atoms with Gasteiger partial charge in [0.25, 0.3) is 0 Å². The molecule has 1 aromatic rings. The molecule has 0 atom stereocenters. The highest BCUT2D eigenvalue weighted by Gasteiger charge is 1.96. The van der Waals surface area contributed by atoms with Crippen LogP contribution in [0.1, 0.15) is 5.56 Å². The van der Waals surface area contributed by atoms with E-state index in [1.165, 1.54) is 11.3 Å². The summed E-state index contributed by atoms with van der Waals surface area (Å²) in [7, 11) is 5.71. The molecule has 0 spiro atoms. The molecule has 0 bridgehead atoms. The molecule has 0 heterocycles. The molecule has 15 heavy (non-hydrogen) atoms. The van der Waals surface area contributed by atoms with E-state index in [0.29, 0.717) is 12.5 Å². The third-order valence-corrected chi connectivity index (χ3v) is 2.17. The van der Waals surface area contributed by atoms with Crippen molar-refractivity contribution in [1.82, 2.24) is 5.32 Å². The van der Waals surface area contributed by atoms with Gasteiger partial charge in [-0.05, 0) is 17.7 Å². The molecule has 1 aromatic carbocycles. The predicted octanol–water partition coefficient (Wildman–Crippen LogP) is 0.787. The number of guanidine groups is 1. The second-order valence-corrected chi connectivity index (χ2v) is 3.52. The van der Waals surface area contributed by atoms with Crippen LogP contribution >= 0.6 is 0 Å². The SMILES string of the molecule is CN=C(N)NCc1ccc(N(C)C)cc1. The quantitative estimate of drug-likeness (QED) is 0.568. The van der Waals surface area contributed by atoms with Crippen LogP contribution in [0.2, 0.25) is 0 Å². The monoisotopic (exact) mass is 206 g/mol. The van der Waals surface area contributed by atoms with E-state index in [2.05, 4.69) is 39.5 Å². The van der Waals surface area contributed by atoms with Crippen molar-refractivity contribution in [3.8, 4) is 0 Å². The first-order valence-corrected chi connectivity index (χ1v) is 4.86. The Labute approximate surface area is 90.8 Å². The smallest absolute Gasteiger partial charge is 0.188 e. The molecule has 0 fully saturated rings. The van der Waals surface area contributed by atoms with Gasteiger partial charge in [-0.25, -0.2) is 0 Å². The first-order chi connectivity index (χ1) is 7.13. The Morgan fingerprint density at radius 2 is 1.93 bits per heavy atom. The van der Waals surface area contributed by atoms with Crippen LogP contribution in [0, 0.1) is 0 Å². The van der Waals surface area contributed by atoms with Crippen LogP contribution in [-0.2, 0) is 6.54 Å². The molecule has 0 unspecified atom stereocenters. The molecule has 0 saturated heterocycles. The van der Waals surface area contributed by atoms with Gasteiger partial charge in [0.1, 0.15) is 0 Å². The highest BCUT2D eigenvalue weighted by atomic mass is 15.1. The number of nitrogens with one attached hydrogen (secondary N) is 1. The maximum absolute atomic E-state index is 5.53. The van der Waals surface area contributed by atoms with Crippen LogP contribution in [-0.4, -0.2) is 27.1 Å². The fourth-order valence-corrected chi connectivity index (χ4v) is 1.18. The predicted molar refractivity (Wildman–Crippen MR) is 65.2 cm³/mol. The van der Waals surface area contributed by atoms with Crippen molar-refractivity contribution in [3.63, 3.8) is 0 Å². The Morgan fingerprint density at radius 3 is 2.40 bits per heavy atom. The van der Waals surface area contributed by atoms with Gasteiger partial charge in [0.2, 0.25) is 0 Å². The molecule has 4 heteroatoms. The molecule has 0 aromatic heterocycles. The van der Waals surface area contributed by atoms with Gasteiger partial charge in [0, 0.05) is 33.4 Å². The van der Waals surface area contributed by atoms with Gasteiger partial charge in [0.15, 0.2) is 5.96 Å². The topological polar surface area (TPSA) is 53.6 Å². The lowest BCUT2D eigenvalue weighted by Gasteiger charge is -2.12. The molecule has 0 aliphatic carbocycles. The summed E-state index contributed by atoms with van der Waals surface area (Å²) in [5.41, 5.74) is 7.91. The highest BCUT2D eigenvalue weighted by molar-refractivity contribution is 5.77. The van der Waals surface area contributed by atoms with Gasteiger partial charge in [0.05, 0.1) is 0 Å². The lowest BCUT2D eigenvalue weighted by atomic mass is 10.2. The number of nitrogens with zero attached hydrogens (tertiary/aromatic N) is 2. The molecule has 0 aliphatic rings. The van der Waals surface area contributed by atoms with Crippen molar-refractivity contribution in [1.29, 1.82) is 0 Å². The third kappa shape index (κ3) is 3.50. The van der Waals surface area contributed by atoms with Crippen molar-refractivity contribution >= 4 is 11.6 Å². The molecule has 0 radical (unpaired) electrons. The number of hydrogen-bond acceptors (Lipinski definition) is 2. The van der Waals surface area contributed by atoms with E-state index in [1.54, 1.807) is 7.05 Å². The van der Waals surface area contributed by atoms with Gasteiger partial charge in [-0.2, -0.15) is 0 Å². The Balaban J connectivity index is 2.57. The second kappa shape index (κ2) is 5.24. The van der Waals surface area contributed by atoms with Crippen molar-refractivity contribution in [2.45, 2.75) is 6.54 Å². The van der Waals surface area contributed by atoms with Crippen molar-refractivity contribution in [3.05, 3.63) is 29.8 Å². The van der Waals surface area contributed by atoms with Crippen molar-refractivity contribution < 1.29 is 0 Å². The van der Waals surface area contributed by atoms with Crippen LogP contribution in [0.25, 0.3) is 0 Å². The number of aliphatic imine (C=N–C) groups is 1. The largest absolute Gasteiger partial charge is 0.378 e. The fraction of sp³-hybridized carbons (Fsp3) is 0.364. The van der Waals surface area contributed by atoms with Crippen LogP contribution in [0.4, 0.5) is 5.69 Å². The van der Waals surface area contributed by atoms with E-state index >= 15 is 0 Å². The zero-order valence-corrected chi connectivity index (χ0v) is 9.49. The van der Waals surface area contributed by atoms with Crippen LogP contribution in [0.5, 0.6) is 0 Å². The minimum absolute atomic E-state index is 0.465. The number of rotatable bonds is 3. The second-order valence-electron chi connectivity index (χ2n) is 3.52. The zero-order valence-electron chi connectivity index (χ0n) is 9.49. The van der Waals surface area contributed by atoms with Gasteiger partial charge in [-0.15, -0.1) is 0 Å². The molecule has 4 nitrogen and oxygen atoms in total. The highest BCUT2D eigenvalue weighted by Crippen LogP contribution is 2.11. The van der Waals surface area contributed by atoms with E-state index in [9.17, 15) is 0 Å². The first-order valence-electron chi connectivity index (χ1n) is 4.86. The fourth-order valence-electron chi connectivity index (χ4n) is 1.18. The van der Waals surface area contributed by atoms with E-state index in [1.807, 2.05) is 14.1 Å². The van der Waals surface area contributed by atoms with Gasteiger partial charge >= 0.3 is 0 Å². The summed E-state index contributed by atoms with van der Waals surface area (Å²) in [6.07, 6.45) is 0. The Bertz CT molecular complexity index is 327. The molecular weight excluding hydrogens is 188 g/mol. The number of nitrogens with two attached hydrogens (primary N) is 1. The third-order valence-electron chi connectivity index (χ3n) is 2.17. The van der Waals surface area contributed by atoms with Crippen LogP contribution in [0.3, 0.4) is 0 Å². The summed E-state index contributed by atoms with van der Waals surface area (Å²) in [4.78, 5) is 5.89. The van der Waals surface area contributed by atoms with Gasteiger partial charge in [-0.3, -0.25) is 4.99 Å². The van der Waals surface area contributed by atoms with Crippen LogP contribution < -0.4 is 16.0 Å². The maximum atomic E-state index is 5.53. The summed E-state index contributed by atoms with van der Waals surface area (Å²) >= 11 is 0. The van der Waals surface area contributed by atoms with E-state index in [0.717, 1.165) is 0 Å². The Morgan fingerprint density at radius 1 is 1.33 bits per heavy atom. The van der Waals surface area contributed by atoms with E-state index in [4.69, 9.17) is 5.73 Å². The van der Waals surface area contributed by atoms with Crippen LogP contribution in [0.15, 0.2) is 29.3 Å².